The molecule has 1 aliphatic rings. The molecular formula is C11H14ClF2NO. The van der Waals surface area contributed by atoms with E-state index in [0.717, 1.165) is 0 Å². The van der Waals surface area contributed by atoms with Gasteiger partial charge in [0.1, 0.15) is 11.6 Å². The SMILES string of the molecule is Cl.OC1(c2c(F)cccc2F)CCNCC1. The van der Waals surface area contributed by atoms with Gasteiger partial charge in [0.15, 0.2) is 0 Å². The highest BCUT2D eigenvalue weighted by molar-refractivity contribution is 5.85. The number of hydrogen-bond acceptors (Lipinski definition) is 2. The molecule has 2 N–H and O–H groups in total. The molecule has 0 spiro atoms. The summed E-state index contributed by atoms with van der Waals surface area (Å²) in [5.74, 6) is -1.33. The quantitative estimate of drug-likeness (QED) is 0.798. The van der Waals surface area contributed by atoms with Crippen molar-refractivity contribution in [2.45, 2.75) is 18.4 Å². The lowest BCUT2D eigenvalue weighted by atomic mass is 9.84. The second-order valence-corrected chi connectivity index (χ2v) is 3.88. The van der Waals surface area contributed by atoms with Gasteiger partial charge in [0.05, 0.1) is 11.2 Å². The van der Waals surface area contributed by atoms with Crippen LogP contribution in [0, 0.1) is 11.6 Å². The van der Waals surface area contributed by atoms with Gasteiger partial charge in [0, 0.05) is 0 Å². The fourth-order valence-corrected chi connectivity index (χ4v) is 2.03. The highest BCUT2D eigenvalue weighted by atomic mass is 35.5. The summed E-state index contributed by atoms with van der Waals surface area (Å²) < 4.78 is 26.9. The molecule has 0 radical (unpaired) electrons. The Bertz CT molecular complexity index is 347. The van der Waals surface area contributed by atoms with Gasteiger partial charge in [-0.3, -0.25) is 0 Å². The van der Waals surface area contributed by atoms with Gasteiger partial charge in [-0.1, -0.05) is 6.07 Å². The molecule has 1 aromatic rings. The number of rotatable bonds is 1. The molecule has 0 atom stereocenters. The highest BCUT2D eigenvalue weighted by Crippen LogP contribution is 2.33. The lowest BCUT2D eigenvalue weighted by Gasteiger charge is -2.33. The van der Waals surface area contributed by atoms with Crippen LogP contribution in [0.25, 0.3) is 0 Å². The van der Waals surface area contributed by atoms with Gasteiger partial charge in [0.2, 0.25) is 0 Å². The molecule has 5 heteroatoms. The molecule has 2 rings (SSSR count). The molecule has 90 valence electrons. The van der Waals surface area contributed by atoms with E-state index in [9.17, 15) is 13.9 Å². The summed E-state index contributed by atoms with van der Waals surface area (Å²) in [5.41, 5.74) is -1.55. The normalized spacial score (nSPS) is 18.9. The van der Waals surface area contributed by atoms with Crippen molar-refractivity contribution in [2.24, 2.45) is 0 Å². The second kappa shape index (κ2) is 5.08. The van der Waals surface area contributed by atoms with E-state index in [0.29, 0.717) is 25.9 Å². The fraction of sp³-hybridized carbons (Fsp3) is 0.455. The largest absolute Gasteiger partial charge is 0.385 e. The summed E-state index contributed by atoms with van der Waals surface area (Å²) in [4.78, 5) is 0. The molecule has 0 amide bonds. The maximum Gasteiger partial charge on any atom is 0.132 e. The van der Waals surface area contributed by atoms with Crippen LogP contribution in [0.5, 0.6) is 0 Å². The highest BCUT2D eigenvalue weighted by Gasteiger charge is 2.35. The van der Waals surface area contributed by atoms with Gasteiger partial charge >= 0.3 is 0 Å². The summed E-state index contributed by atoms with van der Waals surface area (Å²) in [5, 5.41) is 13.2. The number of hydrogen-bond donors (Lipinski definition) is 2. The fourth-order valence-electron chi connectivity index (χ4n) is 2.03. The van der Waals surface area contributed by atoms with E-state index < -0.39 is 17.2 Å². The number of halogens is 3. The van der Waals surface area contributed by atoms with E-state index in [2.05, 4.69) is 5.32 Å². The van der Waals surface area contributed by atoms with Crippen molar-refractivity contribution in [1.82, 2.24) is 5.32 Å². The smallest absolute Gasteiger partial charge is 0.132 e. The first-order valence-corrected chi connectivity index (χ1v) is 5.01. The van der Waals surface area contributed by atoms with Crippen molar-refractivity contribution < 1.29 is 13.9 Å². The Kier molecular flexibility index (Phi) is 4.24. The Morgan fingerprint density at radius 1 is 1.12 bits per heavy atom. The van der Waals surface area contributed by atoms with Crippen molar-refractivity contribution in [3.05, 3.63) is 35.4 Å². The molecule has 0 aliphatic carbocycles. The van der Waals surface area contributed by atoms with Gasteiger partial charge in [-0.15, -0.1) is 12.4 Å². The van der Waals surface area contributed by atoms with E-state index >= 15 is 0 Å². The van der Waals surface area contributed by atoms with Gasteiger partial charge in [-0.05, 0) is 38.1 Å². The number of nitrogens with one attached hydrogen (secondary N) is 1. The van der Waals surface area contributed by atoms with E-state index in [1.807, 2.05) is 0 Å². The average molecular weight is 250 g/mol. The van der Waals surface area contributed by atoms with E-state index in [-0.39, 0.29) is 18.0 Å². The van der Waals surface area contributed by atoms with E-state index in [4.69, 9.17) is 0 Å². The Balaban J connectivity index is 0.00000128. The van der Waals surface area contributed by atoms with Crippen molar-refractivity contribution in [3.63, 3.8) is 0 Å². The van der Waals surface area contributed by atoms with Crippen molar-refractivity contribution >= 4 is 12.4 Å². The van der Waals surface area contributed by atoms with Crippen molar-refractivity contribution in [2.75, 3.05) is 13.1 Å². The monoisotopic (exact) mass is 249 g/mol. The van der Waals surface area contributed by atoms with Crippen LogP contribution in [-0.2, 0) is 5.60 Å². The first kappa shape index (κ1) is 13.4. The third-order valence-electron chi connectivity index (χ3n) is 2.86. The molecule has 1 aliphatic heterocycles. The minimum atomic E-state index is -1.36. The summed E-state index contributed by atoms with van der Waals surface area (Å²) in [6, 6.07) is 3.66. The molecule has 1 heterocycles. The zero-order valence-electron chi connectivity index (χ0n) is 8.67. The second-order valence-electron chi connectivity index (χ2n) is 3.88. The maximum atomic E-state index is 13.5. The summed E-state index contributed by atoms with van der Waals surface area (Å²) in [7, 11) is 0. The first-order valence-electron chi connectivity index (χ1n) is 5.01. The minimum absolute atomic E-state index is 0. The predicted octanol–water partition coefficient (Wildman–Crippen LogP) is 1.96. The molecule has 1 fully saturated rings. The van der Waals surface area contributed by atoms with E-state index in [1.54, 1.807) is 0 Å². The Labute approximate surface area is 99.1 Å². The van der Waals surface area contributed by atoms with Crippen LogP contribution in [-0.4, -0.2) is 18.2 Å². The molecule has 16 heavy (non-hydrogen) atoms. The molecule has 1 saturated heterocycles. The first-order chi connectivity index (χ1) is 7.13. The zero-order valence-corrected chi connectivity index (χ0v) is 9.49. The van der Waals surface area contributed by atoms with Gasteiger partial charge in [0.25, 0.3) is 0 Å². The van der Waals surface area contributed by atoms with Crippen LogP contribution < -0.4 is 5.32 Å². The molecule has 1 aromatic carbocycles. The molecule has 0 aromatic heterocycles. The molecule has 0 unspecified atom stereocenters. The standard InChI is InChI=1S/C11H13F2NO.ClH/c12-8-2-1-3-9(13)10(8)11(15)4-6-14-7-5-11;/h1-3,14-15H,4-7H2;1H. The number of benzene rings is 1. The van der Waals surface area contributed by atoms with Crippen LogP contribution in [0.4, 0.5) is 8.78 Å². The van der Waals surface area contributed by atoms with Gasteiger partial charge in [-0.2, -0.15) is 0 Å². The van der Waals surface area contributed by atoms with Crippen molar-refractivity contribution in [1.29, 1.82) is 0 Å². The Hall–Kier alpha value is -0.710. The van der Waals surface area contributed by atoms with Crippen LogP contribution >= 0.6 is 12.4 Å². The minimum Gasteiger partial charge on any atom is -0.385 e. The predicted molar refractivity (Wildman–Crippen MR) is 59.6 cm³/mol. The van der Waals surface area contributed by atoms with Crippen LogP contribution in [0.3, 0.4) is 0 Å². The maximum absolute atomic E-state index is 13.5. The molecule has 0 bridgehead atoms. The number of aliphatic hydroxyl groups is 1. The molecular weight excluding hydrogens is 236 g/mol. The Morgan fingerprint density at radius 2 is 1.62 bits per heavy atom. The third-order valence-corrected chi connectivity index (χ3v) is 2.86. The summed E-state index contributed by atoms with van der Waals surface area (Å²) in [6.07, 6.45) is 0.676. The van der Waals surface area contributed by atoms with Crippen LogP contribution in [0.1, 0.15) is 18.4 Å². The lowest BCUT2D eigenvalue weighted by molar-refractivity contribution is -0.000589. The number of piperidine rings is 1. The zero-order chi connectivity index (χ0) is 10.9. The van der Waals surface area contributed by atoms with Crippen LogP contribution in [0.15, 0.2) is 18.2 Å². The molecule has 2 nitrogen and oxygen atoms in total. The lowest BCUT2D eigenvalue weighted by Crippen LogP contribution is -2.40. The summed E-state index contributed by atoms with van der Waals surface area (Å²) in [6.45, 7) is 1.15. The van der Waals surface area contributed by atoms with Gasteiger partial charge < -0.3 is 10.4 Å². The topological polar surface area (TPSA) is 32.3 Å². The average Bonchev–Trinajstić information content (AvgIpc) is 2.18. The Morgan fingerprint density at radius 3 is 2.12 bits per heavy atom. The third kappa shape index (κ3) is 2.34. The summed E-state index contributed by atoms with van der Waals surface area (Å²) >= 11 is 0. The molecule has 0 saturated carbocycles. The van der Waals surface area contributed by atoms with Crippen molar-refractivity contribution in [3.8, 4) is 0 Å². The van der Waals surface area contributed by atoms with Crippen LogP contribution in [0.2, 0.25) is 0 Å². The van der Waals surface area contributed by atoms with E-state index in [1.165, 1.54) is 18.2 Å². The van der Waals surface area contributed by atoms with Gasteiger partial charge in [-0.25, -0.2) is 8.78 Å².